The second-order valence-electron chi connectivity index (χ2n) is 3.26. The number of hydrogen-bond donors (Lipinski definition) is 1. The van der Waals surface area contributed by atoms with Gasteiger partial charge in [-0.05, 0) is 12.1 Å². The van der Waals surface area contributed by atoms with E-state index < -0.39 is 22.2 Å². The van der Waals surface area contributed by atoms with Crippen LogP contribution in [0.4, 0.5) is 0 Å². The molecule has 1 heterocycles. The third kappa shape index (κ3) is 2.45. The van der Waals surface area contributed by atoms with Gasteiger partial charge in [-0.25, -0.2) is 4.18 Å². The van der Waals surface area contributed by atoms with Crippen LogP contribution in [0.1, 0.15) is 0 Å². The van der Waals surface area contributed by atoms with Gasteiger partial charge in [-0.1, -0.05) is 18.2 Å². The van der Waals surface area contributed by atoms with Crippen LogP contribution in [-0.4, -0.2) is 20.5 Å². The van der Waals surface area contributed by atoms with Crippen molar-refractivity contribution in [2.24, 2.45) is 5.73 Å². The quantitative estimate of drug-likeness (QED) is 0.770. The SMILES string of the molecule is NC1=CC(=O)C(OS(=O)(=O)c2ccccc2)O1. The molecule has 0 bridgehead atoms. The molecule has 0 aromatic heterocycles. The number of rotatable bonds is 3. The third-order valence-electron chi connectivity index (χ3n) is 2.01. The van der Waals surface area contributed by atoms with Crippen LogP contribution in [0.25, 0.3) is 0 Å². The van der Waals surface area contributed by atoms with Gasteiger partial charge >= 0.3 is 10.1 Å². The highest BCUT2D eigenvalue weighted by molar-refractivity contribution is 7.86. The van der Waals surface area contributed by atoms with Gasteiger partial charge in [0.2, 0.25) is 5.78 Å². The first-order valence-corrected chi connectivity index (χ1v) is 6.06. The molecular weight excluding hydrogens is 246 g/mol. The van der Waals surface area contributed by atoms with Crippen LogP contribution in [0.5, 0.6) is 0 Å². The molecule has 2 rings (SSSR count). The Balaban J connectivity index is 2.18. The van der Waals surface area contributed by atoms with Gasteiger partial charge in [0.25, 0.3) is 6.29 Å². The van der Waals surface area contributed by atoms with Crippen molar-refractivity contribution in [3.8, 4) is 0 Å². The van der Waals surface area contributed by atoms with Crippen molar-refractivity contribution >= 4 is 15.9 Å². The Morgan fingerprint density at radius 1 is 1.24 bits per heavy atom. The second-order valence-corrected chi connectivity index (χ2v) is 4.83. The van der Waals surface area contributed by atoms with E-state index in [1.807, 2.05) is 0 Å². The number of hydrogen-bond acceptors (Lipinski definition) is 6. The predicted molar refractivity (Wildman–Crippen MR) is 56.9 cm³/mol. The molecule has 0 saturated carbocycles. The van der Waals surface area contributed by atoms with E-state index in [0.717, 1.165) is 6.08 Å². The fraction of sp³-hybridized carbons (Fsp3) is 0.100. The van der Waals surface area contributed by atoms with Gasteiger partial charge in [0, 0.05) is 6.08 Å². The van der Waals surface area contributed by atoms with Crippen molar-refractivity contribution in [2.45, 2.75) is 11.2 Å². The van der Waals surface area contributed by atoms with E-state index in [1.54, 1.807) is 18.2 Å². The lowest BCUT2D eigenvalue weighted by Gasteiger charge is -2.11. The minimum absolute atomic E-state index is 0.0538. The molecule has 6 nitrogen and oxygen atoms in total. The number of ketones is 1. The average molecular weight is 255 g/mol. The number of benzene rings is 1. The van der Waals surface area contributed by atoms with E-state index in [2.05, 4.69) is 4.18 Å². The van der Waals surface area contributed by atoms with Crippen LogP contribution in [0.3, 0.4) is 0 Å². The lowest BCUT2D eigenvalue weighted by atomic mass is 10.4. The molecule has 1 aliphatic heterocycles. The van der Waals surface area contributed by atoms with Gasteiger partial charge in [0.05, 0.1) is 4.90 Å². The van der Waals surface area contributed by atoms with E-state index in [0.29, 0.717) is 0 Å². The van der Waals surface area contributed by atoms with E-state index >= 15 is 0 Å². The lowest BCUT2D eigenvalue weighted by Crippen LogP contribution is -2.25. The zero-order valence-corrected chi connectivity index (χ0v) is 9.38. The predicted octanol–water partition coefficient (Wildman–Crippen LogP) is 0.117. The summed E-state index contributed by atoms with van der Waals surface area (Å²) < 4.78 is 32.8. The molecule has 1 aromatic carbocycles. The largest absolute Gasteiger partial charge is 0.441 e. The normalized spacial score (nSPS) is 19.9. The molecule has 1 atom stereocenters. The van der Waals surface area contributed by atoms with Crippen LogP contribution in [0.2, 0.25) is 0 Å². The Morgan fingerprint density at radius 3 is 2.41 bits per heavy atom. The summed E-state index contributed by atoms with van der Waals surface area (Å²) in [5, 5.41) is 0. The number of carbonyl (C=O) groups excluding carboxylic acids is 1. The fourth-order valence-electron chi connectivity index (χ4n) is 1.25. The molecule has 1 aromatic rings. The molecule has 0 aliphatic carbocycles. The molecule has 7 heteroatoms. The van der Waals surface area contributed by atoms with Crippen molar-refractivity contribution in [3.05, 3.63) is 42.3 Å². The summed E-state index contributed by atoms with van der Waals surface area (Å²) in [6.07, 6.45) is -0.550. The maximum Gasteiger partial charge on any atom is 0.300 e. The molecule has 0 fully saturated rings. The van der Waals surface area contributed by atoms with Gasteiger partial charge in [0.1, 0.15) is 0 Å². The van der Waals surface area contributed by atoms with Crippen molar-refractivity contribution in [3.63, 3.8) is 0 Å². The van der Waals surface area contributed by atoms with E-state index in [-0.39, 0.29) is 10.8 Å². The summed E-state index contributed by atoms with van der Waals surface area (Å²) in [5.74, 6) is -0.801. The molecule has 2 N–H and O–H groups in total. The maximum atomic E-state index is 11.7. The van der Waals surface area contributed by atoms with E-state index in [4.69, 9.17) is 10.5 Å². The standard InChI is InChI=1S/C10H9NO5S/c11-9-6-8(12)10(15-9)16-17(13,14)7-4-2-1-3-5-7/h1-6,10H,11H2. The summed E-state index contributed by atoms with van der Waals surface area (Å²) in [6, 6.07) is 7.45. The summed E-state index contributed by atoms with van der Waals surface area (Å²) in [6.45, 7) is 0. The molecular formula is C10H9NO5S. The Morgan fingerprint density at radius 2 is 1.88 bits per heavy atom. The maximum absolute atomic E-state index is 11.7. The van der Waals surface area contributed by atoms with Crippen LogP contribution >= 0.6 is 0 Å². The lowest BCUT2D eigenvalue weighted by molar-refractivity contribution is -0.133. The van der Waals surface area contributed by atoms with Gasteiger partial charge in [0.15, 0.2) is 5.88 Å². The topological polar surface area (TPSA) is 95.7 Å². The van der Waals surface area contributed by atoms with E-state index in [1.165, 1.54) is 12.1 Å². The van der Waals surface area contributed by atoms with Crippen LogP contribution in [-0.2, 0) is 23.8 Å². The molecule has 1 aliphatic rings. The van der Waals surface area contributed by atoms with Gasteiger partial charge in [-0.3, -0.25) is 4.79 Å². The first-order chi connectivity index (χ1) is 7.99. The van der Waals surface area contributed by atoms with Crippen molar-refractivity contribution in [1.29, 1.82) is 0 Å². The highest BCUT2D eigenvalue weighted by Gasteiger charge is 2.32. The van der Waals surface area contributed by atoms with Crippen LogP contribution in [0, 0.1) is 0 Å². The Hall–Kier alpha value is -1.86. The minimum Gasteiger partial charge on any atom is -0.441 e. The first kappa shape index (κ1) is 11.6. The zero-order chi connectivity index (χ0) is 12.5. The summed E-state index contributed by atoms with van der Waals surface area (Å²) in [7, 11) is -4.03. The second kappa shape index (κ2) is 4.19. The zero-order valence-electron chi connectivity index (χ0n) is 8.57. The monoisotopic (exact) mass is 255 g/mol. The van der Waals surface area contributed by atoms with Crippen molar-refractivity contribution in [1.82, 2.24) is 0 Å². The molecule has 0 radical (unpaired) electrons. The molecule has 1 unspecified atom stereocenters. The molecule has 0 saturated heterocycles. The van der Waals surface area contributed by atoms with Gasteiger partial charge < -0.3 is 10.5 Å². The first-order valence-electron chi connectivity index (χ1n) is 4.65. The highest BCUT2D eigenvalue weighted by atomic mass is 32.2. The Kier molecular flexibility index (Phi) is 2.86. The Bertz CT molecular complexity index is 564. The van der Waals surface area contributed by atoms with Gasteiger partial charge in [-0.15, -0.1) is 0 Å². The smallest absolute Gasteiger partial charge is 0.300 e. The van der Waals surface area contributed by atoms with E-state index in [9.17, 15) is 13.2 Å². The molecule has 17 heavy (non-hydrogen) atoms. The number of nitrogens with two attached hydrogens (primary N) is 1. The summed E-state index contributed by atoms with van der Waals surface area (Å²) in [5.41, 5.74) is 5.22. The minimum atomic E-state index is -4.03. The summed E-state index contributed by atoms with van der Waals surface area (Å²) >= 11 is 0. The van der Waals surface area contributed by atoms with Gasteiger partial charge in [-0.2, -0.15) is 8.42 Å². The van der Waals surface area contributed by atoms with Crippen LogP contribution < -0.4 is 5.73 Å². The Labute approximate surface area is 97.8 Å². The number of ether oxygens (including phenoxy) is 1. The fourth-order valence-corrected chi connectivity index (χ4v) is 2.21. The third-order valence-corrected chi connectivity index (χ3v) is 3.28. The average Bonchev–Trinajstić information content (AvgIpc) is 2.58. The van der Waals surface area contributed by atoms with Crippen molar-refractivity contribution in [2.75, 3.05) is 0 Å². The molecule has 0 amide bonds. The van der Waals surface area contributed by atoms with Crippen molar-refractivity contribution < 1.29 is 22.1 Å². The number of carbonyl (C=O) groups is 1. The van der Waals surface area contributed by atoms with Crippen LogP contribution in [0.15, 0.2) is 47.2 Å². The highest BCUT2D eigenvalue weighted by Crippen LogP contribution is 2.18. The summed E-state index contributed by atoms with van der Waals surface area (Å²) in [4.78, 5) is 11.2. The molecule has 90 valence electrons. The molecule has 0 spiro atoms.